The van der Waals surface area contributed by atoms with Crippen LogP contribution in [0.5, 0.6) is 0 Å². The first-order valence-corrected chi connectivity index (χ1v) is 3.80. The second kappa shape index (κ2) is 4.12. The van der Waals surface area contributed by atoms with Crippen LogP contribution in [0.3, 0.4) is 0 Å². The second-order valence-corrected chi connectivity index (χ2v) is 3.60. The van der Waals surface area contributed by atoms with E-state index in [-0.39, 0.29) is 5.41 Å². The Morgan fingerprint density at radius 3 is 2.27 bits per heavy atom. The van der Waals surface area contributed by atoms with Crippen molar-refractivity contribution in [1.29, 1.82) is 0 Å². The van der Waals surface area contributed by atoms with Crippen molar-refractivity contribution in [2.45, 2.75) is 27.7 Å². The summed E-state index contributed by atoms with van der Waals surface area (Å²) in [7, 11) is 0. The predicted octanol–water partition coefficient (Wildman–Crippen LogP) is 3.19. The van der Waals surface area contributed by atoms with Crippen LogP contribution in [0, 0.1) is 5.41 Å². The maximum atomic E-state index is 4.05. The van der Waals surface area contributed by atoms with Crippen LogP contribution in [-0.2, 0) is 0 Å². The van der Waals surface area contributed by atoms with E-state index in [1.54, 1.807) is 12.3 Å². The van der Waals surface area contributed by atoms with E-state index in [1.165, 1.54) is 5.57 Å². The van der Waals surface area contributed by atoms with Gasteiger partial charge in [0.2, 0.25) is 0 Å². The SMILES string of the molecule is C=CC=N/C=C(\C)C(C)(C)C. The Hall–Kier alpha value is -0.850. The van der Waals surface area contributed by atoms with Gasteiger partial charge in [-0.05, 0) is 17.9 Å². The molecule has 0 heterocycles. The van der Waals surface area contributed by atoms with Crippen molar-refractivity contribution in [3.8, 4) is 0 Å². The number of rotatable bonds is 2. The fraction of sp³-hybridized carbons (Fsp3) is 0.500. The molecule has 0 aliphatic carbocycles. The van der Waals surface area contributed by atoms with Gasteiger partial charge in [-0.2, -0.15) is 0 Å². The summed E-state index contributed by atoms with van der Waals surface area (Å²) in [5.74, 6) is 0. The van der Waals surface area contributed by atoms with Gasteiger partial charge in [0.25, 0.3) is 0 Å². The third-order valence-electron chi connectivity index (χ3n) is 1.64. The van der Waals surface area contributed by atoms with Gasteiger partial charge in [0, 0.05) is 12.4 Å². The summed E-state index contributed by atoms with van der Waals surface area (Å²) in [4.78, 5) is 4.05. The number of nitrogens with zero attached hydrogens (tertiary/aromatic N) is 1. The van der Waals surface area contributed by atoms with E-state index < -0.39 is 0 Å². The Morgan fingerprint density at radius 1 is 1.36 bits per heavy atom. The minimum absolute atomic E-state index is 0.221. The Bertz CT molecular complexity index is 180. The molecule has 0 unspecified atom stereocenters. The Kier molecular flexibility index (Phi) is 3.80. The van der Waals surface area contributed by atoms with Crippen LogP contribution in [0.25, 0.3) is 0 Å². The molecule has 0 aromatic rings. The maximum Gasteiger partial charge on any atom is 0.0262 e. The summed E-state index contributed by atoms with van der Waals surface area (Å²) in [6, 6.07) is 0. The zero-order chi connectivity index (χ0) is 8.91. The molecule has 0 fully saturated rings. The highest BCUT2D eigenvalue weighted by Crippen LogP contribution is 2.23. The molecule has 0 saturated carbocycles. The molecule has 0 atom stereocenters. The molecule has 0 aromatic heterocycles. The Balaban J connectivity index is 4.23. The fourth-order valence-corrected chi connectivity index (χ4v) is 0.409. The van der Waals surface area contributed by atoms with Gasteiger partial charge in [-0.1, -0.05) is 33.4 Å². The van der Waals surface area contributed by atoms with E-state index in [4.69, 9.17) is 0 Å². The highest BCUT2D eigenvalue weighted by atomic mass is 14.7. The molecular formula is C10H17N. The van der Waals surface area contributed by atoms with Gasteiger partial charge in [-0.25, -0.2) is 0 Å². The molecule has 0 aliphatic rings. The van der Waals surface area contributed by atoms with Crippen LogP contribution in [0.15, 0.2) is 29.4 Å². The normalized spacial score (nSPS) is 14.0. The van der Waals surface area contributed by atoms with Gasteiger partial charge < -0.3 is 0 Å². The number of aliphatic imine (C=N–C) groups is 1. The van der Waals surface area contributed by atoms with E-state index in [2.05, 4.69) is 39.3 Å². The van der Waals surface area contributed by atoms with Gasteiger partial charge >= 0.3 is 0 Å². The summed E-state index contributed by atoms with van der Waals surface area (Å²) < 4.78 is 0. The minimum atomic E-state index is 0.221. The van der Waals surface area contributed by atoms with Crippen LogP contribution in [-0.4, -0.2) is 6.21 Å². The molecule has 0 saturated heterocycles. The van der Waals surface area contributed by atoms with E-state index in [1.807, 2.05) is 6.20 Å². The molecule has 0 aromatic carbocycles. The number of allylic oxidation sites excluding steroid dienone is 2. The van der Waals surface area contributed by atoms with E-state index in [9.17, 15) is 0 Å². The molecule has 1 nitrogen and oxygen atoms in total. The third-order valence-corrected chi connectivity index (χ3v) is 1.64. The van der Waals surface area contributed by atoms with Gasteiger partial charge in [-0.3, -0.25) is 4.99 Å². The molecule has 0 aliphatic heterocycles. The minimum Gasteiger partial charge on any atom is -0.265 e. The average molecular weight is 151 g/mol. The van der Waals surface area contributed by atoms with Crippen LogP contribution < -0.4 is 0 Å². The number of hydrogen-bond donors (Lipinski definition) is 0. The topological polar surface area (TPSA) is 12.4 Å². The summed E-state index contributed by atoms with van der Waals surface area (Å²) in [5, 5.41) is 0. The van der Waals surface area contributed by atoms with Crippen molar-refractivity contribution in [3.05, 3.63) is 24.4 Å². The summed E-state index contributed by atoms with van der Waals surface area (Å²) in [5.41, 5.74) is 1.49. The number of hydrogen-bond acceptors (Lipinski definition) is 1. The first-order valence-electron chi connectivity index (χ1n) is 3.80. The summed E-state index contributed by atoms with van der Waals surface area (Å²) in [6.45, 7) is 12.1. The highest BCUT2D eigenvalue weighted by molar-refractivity contribution is 5.70. The highest BCUT2D eigenvalue weighted by Gasteiger charge is 2.11. The monoisotopic (exact) mass is 151 g/mol. The van der Waals surface area contributed by atoms with E-state index in [0.29, 0.717) is 0 Å². The quantitative estimate of drug-likeness (QED) is 0.537. The second-order valence-electron chi connectivity index (χ2n) is 3.60. The van der Waals surface area contributed by atoms with Crippen molar-refractivity contribution in [2.24, 2.45) is 10.4 Å². The van der Waals surface area contributed by atoms with Crippen molar-refractivity contribution >= 4 is 6.21 Å². The summed E-state index contributed by atoms with van der Waals surface area (Å²) >= 11 is 0. The zero-order valence-electron chi connectivity index (χ0n) is 7.89. The van der Waals surface area contributed by atoms with Gasteiger partial charge in [0.15, 0.2) is 0 Å². The van der Waals surface area contributed by atoms with Crippen molar-refractivity contribution < 1.29 is 0 Å². The Labute approximate surface area is 69.5 Å². The van der Waals surface area contributed by atoms with Crippen LogP contribution in [0.2, 0.25) is 0 Å². The molecule has 1 heteroatoms. The standard InChI is InChI=1S/C10H17N/c1-6-7-11-8-9(2)10(3,4)5/h6-8H,1H2,2-5H3/b9-8+,11-7?. The lowest BCUT2D eigenvalue weighted by molar-refractivity contribution is 0.503. The molecule has 62 valence electrons. The lowest BCUT2D eigenvalue weighted by Crippen LogP contribution is -2.05. The van der Waals surface area contributed by atoms with Crippen LogP contribution in [0.4, 0.5) is 0 Å². The van der Waals surface area contributed by atoms with Crippen LogP contribution in [0.1, 0.15) is 27.7 Å². The first-order chi connectivity index (χ1) is 4.98. The molecule has 0 radical (unpaired) electrons. The molecule has 0 rings (SSSR count). The molecule has 11 heavy (non-hydrogen) atoms. The van der Waals surface area contributed by atoms with Crippen LogP contribution >= 0.6 is 0 Å². The zero-order valence-corrected chi connectivity index (χ0v) is 7.89. The Morgan fingerprint density at radius 2 is 1.91 bits per heavy atom. The molecule has 0 N–H and O–H groups in total. The van der Waals surface area contributed by atoms with E-state index in [0.717, 1.165) is 0 Å². The lowest BCUT2D eigenvalue weighted by Gasteiger charge is -2.17. The molecular weight excluding hydrogens is 134 g/mol. The first kappa shape index (κ1) is 10.2. The molecule has 0 spiro atoms. The van der Waals surface area contributed by atoms with Crippen molar-refractivity contribution in [3.63, 3.8) is 0 Å². The molecule has 0 amide bonds. The lowest BCUT2D eigenvalue weighted by atomic mass is 9.88. The van der Waals surface area contributed by atoms with Gasteiger partial charge in [-0.15, -0.1) is 0 Å². The molecule has 0 bridgehead atoms. The van der Waals surface area contributed by atoms with Crippen molar-refractivity contribution in [2.75, 3.05) is 0 Å². The van der Waals surface area contributed by atoms with E-state index >= 15 is 0 Å². The average Bonchev–Trinajstić information content (AvgIpc) is 1.86. The summed E-state index contributed by atoms with van der Waals surface area (Å²) in [6.07, 6.45) is 5.24. The van der Waals surface area contributed by atoms with Gasteiger partial charge in [0.05, 0.1) is 0 Å². The smallest absolute Gasteiger partial charge is 0.0262 e. The van der Waals surface area contributed by atoms with Crippen molar-refractivity contribution in [1.82, 2.24) is 0 Å². The third kappa shape index (κ3) is 4.54. The maximum absolute atomic E-state index is 4.05. The van der Waals surface area contributed by atoms with Gasteiger partial charge in [0.1, 0.15) is 0 Å². The fourth-order valence-electron chi connectivity index (χ4n) is 0.409. The largest absolute Gasteiger partial charge is 0.265 e. The predicted molar refractivity (Wildman–Crippen MR) is 51.9 cm³/mol.